The van der Waals surface area contributed by atoms with E-state index in [0.717, 1.165) is 17.1 Å². The van der Waals surface area contributed by atoms with Gasteiger partial charge in [0, 0.05) is 12.4 Å². The van der Waals surface area contributed by atoms with Gasteiger partial charge in [-0.1, -0.05) is 0 Å². The van der Waals surface area contributed by atoms with Crippen molar-refractivity contribution < 1.29 is 0 Å². The molecule has 76 valence electrons. The quantitative estimate of drug-likeness (QED) is 0.820. The Kier molecular flexibility index (Phi) is 2.88. The van der Waals surface area contributed by atoms with Crippen LogP contribution in [0.2, 0.25) is 0 Å². The van der Waals surface area contributed by atoms with Crippen LogP contribution in [0.1, 0.15) is 11.4 Å². The van der Waals surface area contributed by atoms with Crippen molar-refractivity contribution in [1.82, 2.24) is 15.0 Å². The molecule has 0 saturated carbocycles. The summed E-state index contributed by atoms with van der Waals surface area (Å²) in [6.45, 7) is 2.66. The van der Waals surface area contributed by atoms with Gasteiger partial charge in [0.25, 0.3) is 0 Å². The van der Waals surface area contributed by atoms with Gasteiger partial charge in [-0.05, 0) is 25.1 Å². The van der Waals surface area contributed by atoms with Gasteiger partial charge >= 0.3 is 0 Å². The van der Waals surface area contributed by atoms with E-state index < -0.39 is 0 Å². The van der Waals surface area contributed by atoms with E-state index in [9.17, 15) is 0 Å². The molecule has 0 bridgehead atoms. The lowest BCUT2D eigenvalue weighted by Crippen LogP contribution is -2.03. The molecule has 0 aliphatic rings. The first-order valence-electron chi connectivity index (χ1n) is 4.76. The van der Waals surface area contributed by atoms with Crippen LogP contribution in [0, 0.1) is 6.92 Å². The average Bonchev–Trinajstić information content (AvgIpc) is 2.29. The number of nitrogens with zero attached hydrogens (tertiary/aromatic N) is 3. The van der Waals surface area contributed by atoms with Crippen LogP contribution in [0.15, 0.2) is 36.9 Å². The molecule has 0 aliphatic heterocycles. The minimum absolute atomic E-state index is 0.690. The Balaban J connectivity index is 2.03. The van der Waals surface area contributed by atoms with E-state index in [2.05, 4.69) is 20.3 Å². The largest absolute Gasteiger partial charge is 0.378 e. The minimum Gasteiger partial charge on any atom is -0.378 e. The third kappa shape index (κ3) is 2.49. The van der Waals surface area contributed by atoms with E-state index in [1.807, 2.05) is 25.1 Å². The summed E-state index contributed by atoms with van der Waals surface area (Å²) in [5.41, 5.74) is 3.00. The fourth-order valence-corrected chi connectivity index (χ4v) is 1.28. The summed E-state index contributed by atoms with van der Waals surface area (Å²) < 4.78 is 0. The van der Waals surface area contributed by atoms with Crippen LogP contribution in [-0.4, -0.2) is 15.0 Å². The molecule has 1 N–H and O–H groups in total. The molecule has 2 aromatic heterocycles. The van der Waals surface area contributed by atoms with E-state index in [-0.39, 0.29) is 0 Å². The van der Waals surface area contributed by atoms with Crippen molar-refractivity contribution in [2.45, 2.75) is 13.5 Å². The zero-order chi connectivity index (χ0) is 10.5. The lowest BCUT2D eigenvalue weighted by Gasteiger charge is -2.07. The Morgan fingerprint density at radius 3 is 2.87 bits per heavy atom. The van der Waals surface area contributed by atoms with Crippen LogP contribution in [0.4, 0.5) is 5.69 Å². The smallest absolute Gasteiger partial charge is 0.115 e. The van der Waals surface area contributed by atoms with Crippen molar-refractivity contribution in [2.24, 2.45) is 0 Å². The van der Waals surface area contributed by atoms with Gasteiger partial charge in [-0.3, -0.25) is 4.98 Å². The van der Waals surface area contributed by atoms with Crippen molar-refractivity contribution >= 4 is 5.69 Å². The van der Waals surface area contributed by atoms with E-state index in [0.29, 0.717) is 6.54 Å². The lowest BCUT2D eigenvalue weighted by molar-refractivity contribution is 0.999. The summed E-state index contributed by atoms with van der Waals surface area (Å²) in [7, 11) is 0. The molecule has 2 rings (SSSR count). The maximum absolute atomic E-state index is 4.20. The van der Waals surface area contributed by atoms with Gasteiger partial charge in [-0.25, -0.2) is 9.97 Å². The third-order valence-electron chi connectivity index (χ3n) is 2.11. The molecule has 0 radical (unpaired) electrons. The predicted molar refractivity (Wildman–Crippen MR) is 58.3 cm³/mol. The molecule has 0 aromatic carbocycles. The molecular weight excluding hydrogens is 188 g/mol. The molecule has 2 aromatic rings. The van der Waals surface area contributed by atoms with Crippen LogP contribution in [0.25, 0.3) is 0 Å². The molecule has 15 heavy (non-hydrogen) atoms. The molecule has 0 atom stereocenters. The van der Waals surface area contributed by atoms with E-state index in [1.165, 1.54) is 0 Å². The monoisotopic (exact) mass is 200 g/mol. The van der Waals surface area contributed by atoms with Gasteiger partial charge in [-0.15, -0.1) is 0 Å². The van der Waals surface area contributed by atoms with Crippen molar-refractivity contribution in [3.05, 3.63) is 48.3 Å². The minimum atomic E-state index is 0.690. The van der Waals surface area contributed by atoms with Crippen LogP contribution in [0.3, 0.4) is 0 Å². The van der Waals surface area contributed by atoms with Crippen LogP contribution < -0.4 is 5.32 Å². The zero-order valence-corrected chi connectivity index (χ0v) is 8.51. The van der Waals surface area contributed by atoms with E-state index in [4.69, 9.17) is 0 Å². The van der Waals surface area contributed by atoms with Gasteiger partial charge in [0.1, 0.15) is 6.33 Å². The maximum atomic E-state index is 4.20. The topological polar surface area (TPSA) is 50.7 Å². The number of rotatable bonds is 3. The van der Waals surface area contributed by atoms with Gasteiger partial charge < -0.3 is 5.32 Å². The van der Waals surface area contributed by atoms with Crippen molar-refractivity contribution in [3.8, 4) is 0 Å². The van der Waals surface area contributed by atoms with Crippen molar-refractivity contribution in [2.75, 3.05) is 5.32 Å². The average molecular weight is 200 g/mol. The van der Waals surface area contributed by atoms with Gasteiger partial charge in [-0.2, -0.15) is 0 Å². The molecule has 0 saturated heterocycles. The second-order valence-corrected chi connectivity index (χ2v) is 3.19. The molecule has 4 heteroatoms. The molecular formula is C11H12N4. The lowest BCUT2D eigenvalue weighted by atomic mass is 10.3. The predicted octanol–water partition coefficient (Wildman–Crippen LogP) is 1.79. The number of hydrogen-bond donors (Lipinski definition) is 1. The number of pyridine rings is 1. The molecule has 0 aliphatic carbocycles. The Morgan fingerprint density at radius 1 is 1.20 bits per heavy atom. The van der Waals surface area contributed by atoms with Crippen LogP contribution in [0.5, 0.6) is 0 Å². The van der Waals surface area contributed by atoms with E-state index in [1.54, 1.807) is 18.7 Å². The molecule has 0 fully saturated rings. The first-order valence-corrected chi connectivity index (χ1v) is 4.76. The number of aromatic nitrogens is 3. The summed E-state index contributed by atoms with van der Waals surface area (Å²) in [5, 5.41) is 3.28. The van der Waals surface area contributed by atoms with Gasteiger partial charge in [0.15, 0.2) is 0 Å². The fourth-order valence-electron chi connectivity index (χ4n) is 1.28. The first kappa shape index (κ1) is 9.58. The van der Waals surface area contributed by atoms with Crippen molar-refractivity contribution in [3.63, 3.8) is 0 Å². The summed E-state index contributed by atoms with van der Waals surface area (Å²) in [6, 6.07) is 5.80. The SMILES string of the molecule is Cc1ncccc1NCc1ccncn1. The summed E-state index contributed by atoms with van der Waals surface area (Å²) >= 11 is 0. The summed E-state index contributed by atoms with van der Waals surface area (Å²) in [6.07, 6.45) is 5.07. The first-order chi connectivity index (χ1) is 7.36. The normalized spacial score (nSPS) is 9.93. The highest BCUT2D eigenvalue weighted by Gasteiger charge is 1.97. The Hall–Kier alpha value is -1.97. The standard InChI is InChI=1S/C11H12N4/c1-9-11(3-2-5-13-9)14-7-10-4-6-12-8-15-10/h2-6,8,14H,7H2,1H3. The Labute approximate surface area is 88.4 Å². The number of nitrogens with one attached hydrogen (secondary N) is 1. The number of anilines is 1. The Morgan fingerprint density at radius 2 is 2.13 bits per heavy atom. The van der Waals surface area contributed by atoms with Gasteiger partial charge in [0.2, 0.25) is 0 Å². The zero-order valence-electron chi connectivity index (χ0n) is 8.51. The Bertz CT molecular complexity index is 428. The van der Waals surface area contributed by atoms with E-state index >= 15 is 0 Å². The second kappa shape index (κ2) is 4.50. The molecule has 2 heterocycles. The molecule has 0 spiro atoms. The van der Waals surface area contributed by atoms with Crippen LogP contribution in [-0.2, 0) is 6.54 Å². The van der Waals surface area contributed by atoms with Crippen molar-refractivity contribution in [1.29, 1.82) is 0 Å². The highest BCUT2D eigenvalue weighted by atomic mass is 14.9. The maximum Gasteiger partial charge on any atom is 0.115 e. The second-order valence-electron chi connectivity index (χ2n) is 3.19. The molecule has 0 amide bonds. The molecule has 4 nitrogen and oxygen atoms in total. The summed E-state index contributed by atoms with van der Waals surface area (Å²) in [4.78, 5) is 12.2. The highest BCUT2D eigenvalue weighted by molar-refractivity contribution is 5.46. The molecule has 0 unspecified atom stereocenters. The van der Waals surface area contributed by atoms with Gasteiger partial charge in [0.05, 0.1) is 23.6 Å². The number of hydrogen-bond acceptors (Lipinski definition) is 4. The fraction of sp³-hybridized carbons (Fsp3) is 0.182. The van der Waals surface area contributed by atoms with Crippen LogP contribution >= 0.6 is 0 Å². The number of aryl methyl sites for hydroxylation is 1. The highest BCUT2D eigenvalue weighted by Crippen LogP contribution is 2.10. The summed E-state index contributed by atoms with van der Waals surface area (Å²) in [5.74, 6) is 0. The third-order valence-corrected chi connectivity index (χ3v) is 2.11.